The number of fused-ring (bicyclic) bond motifs is 2. The lowest BCUT2D eigenvalue weighted by Gasteiger charge is -2.38. The summed E-state index contributed by atoms with van der Waals surface area (Å²) in [6.07, 6.45) is 1.44. The van der Waals surface area contributed by atoms with Gasteiger partial charge in [-0.1, -0.05) is 29.8 Å². The van der Waals surface area contributed by atoms with Crippen LogP contribution in [0.15, 0.2) is 36.7 Å². The lowest BCUT2D eigenvalue weighted by Crippen LogP contribution is -2.57. The zero-order chi connectivity index (χ0) is 16.7. The van der Waals surface area contributed by atoms with Crippen LogP contribution in [-0.4, -0.2) is 46.0 Å². The minimum absolute atomic E-state index is 0.283. The summed E-state index contributed by atoms with van der Waals surface area (Å²) in [6, 6.07) is 5.61. The van der Waals surface area contributed by atoms with Gasteiger partial charge in [-0.25, -0.2) is 4.39 Å². The van der Waals surface area contributed by atoms with Crippen LogP contribution in [0.3, 0.4) is 0 Å². The fraction of sp³-hybridized carbons (Fsp3) is 0.438. The van der Waals surface area contributed by atoms with Crippen LogP contribution < -0.4 is 5.32 Å². The third kappa shape index (κ3) is 2.82. The maximum atomic E-state index is 13.8. The normalized spacial score (nSPS) is 32.2. The highest BCUT2D eigenvalue weighted by atomic mass is 35.5. The van der Waals surface area contributed by atoms with Crippen LogP contribution in [-0.2, 0) is 16.0 Å². The van der Waals surface area contributed by atoms with Crippen molar-refractivity contribution in [3.63, 3.8) is 0 Å². The Bertz CT molecular complexity index is 728. The Balaban J connectivity index is 1.53. The summed E-state index contributed by atoms with van der Waals surface area (Å²) in [5.74, 6) is -0.285. The molecule has 3 heterocycles. The molecule has 2 N–H and O–H groups in total. The van der Waals surface area contributed by atoms with E-state index >= 15 is 0 Å². The first-order valence-corrected chi connectivity index (χ1v) is 8.13. The molecule has 4 rings (SSSR count). The molecule has 2 aliphatic heterocycles. The largest absolute Gasteiger partial charge is 0.389 e. The first-order chi connectivity index (χ1) is 11.6. The molecule has 6 nitrogen and oxygen atoms in total. The van der Waals surface area contributed by atoms with Crippen LogP contribution in [0.5, 0.6) is 0 Å². The van der Waals surface area contributed by atoms with Gasteiger partial charge in [-0.05, 0) is 6.07 Å². The molecular formula is C16H17ClFN3O3. The number of aliphatic hydroxyl groups is 1. The Morgan fingerprint density at radius 2 is 2.25 bits per heavy atom. The molecule has 2 aromatic rings. The summed E-state index contributed by atoms with van der Waals surface area (Å²) in [7, 11) is 0. The molecule has 0 aliphatic carbocycles. The minimum atomic E-state index is -0.806. The van der Waals surface area contributed by atoms with E-state index in [4.69, 9.17) is 21.1 Å². The van der Waals surface area contributed by atoms with Crippen molar-refractivity contribution in [2.24, 2.45) is 0 Å². The van der Waals surface area contributed by atoms with Gasteiger partial charge >= 0.3 is 0 Å². The van der Waals surface area contributed by atoms with E-state index in [0.29, 0.717) is 17.2 Å². The highest BCUT2D eigenvalue weighted by Gasteiger charge is 2.51. The molecule has 8 heteroatoms. The van der Waals surface area contributed by atoms with Crippen LogP contribution in [0.25, 0.3) is 0 Å². The molecule has 0 spiro atoms. The molecule has 128 valence electrons. The van der Waals surface area contributed by atoms with Crippen molar-refractivity contribution in [2.45, 2.75) is 37.1 Å². The standard InChI is InChI=1S/C16H17ClFN3O3/c17-10-6-20-21(7-10)14-15(22)13(12-8-23-16(14)24-12)19-5-9-3-1-2-4-11(9)18/h1-4,6-7,12-16,19,22H,5,8H2. The van der Waals surface area contributed by atoms with Crippen LogP contribution in [0.4, 0.5) is 4.39 Å². The predicted octanol–water partition coefficient (Wildman–Crippen LogP) is 1.49. The number of rotatable bonds is 4. The van der Waals surface area contributed by atoms with Crippen molar-refractivity contribution >= 4 is 11.6 Å². The third-order valence-corrected chi connectivity index (χ3v) is 4.69. The van der Waals surface area contributed by atoms with E-state index in [1.807, 2.05) is 0 Å². The fourth-order valence-corrected chi connectivity index (χ4v) is 3.43. The Morgan fingerprint density at radius 1 is 1.42 bits per heavy atom. The smallest absolute Gasteiger partial charge is 0.183 e. The van der Waals surface area contributed by atoms with Crippen molar-refractivity contribution < 1.29 is 19.0 Å². The maximum Gasteiger partial charge on any atom is 0.183 e. The number of hydrogen-bond donors (Lipinski definition) is 2. The molecule has 2 aliphatic rings. The van der Waals surface area contributed by atoms with Gasteiger partial charge in [0, 0.05) is 18.3 Å². The Labute approximate surface area is 143 Å². The van der Waals surface area contributed by atoms with Gasteiger partial charge in [0.1, 0.15) is 18.0 Å². The third-order valence-electron chi connectivity index (χ3n) is 4.49. The van der Waals surface area contributed by atoms with Gasteiger partial charge in [0.05, 0.1) is 30.0 Å². The van der Waals surface area contributed by atoms with Gasteiger partial charge in [-0.2, -0.15) is 5.10 Å². The number of nitrogens with one attached hydrogen (secondary N) is 1. The Kier molecular flexibility index (Phi) is 4.28. The summed E-state index contributed by atoms with van der Waals surface area (Å²) in [5, 5.41) is 18.6. The SMILES string of the molecule is OC1C(NCc2ccccc2F)C2COC(O2)C1n1cc(Cl)cn1. The summed E-state index contributed by atoms with van der Waals surface area (Å²) in [5.41, 5.74) is 0.532. The number of hydrogen-bond acceptors (Lipinski definition) is 5. The number of aliphatic hydroxyl groups excluding tert-OH is 1. The number of aromatic nitrogens is 2. The molecule has 2 fully saturated rings. The number of ether oxygens (including phenoxy) is 2. The molecule has 5 atom stereocenters. The van der Waals surface area contributed by atoms with Crippen LogP contribution in [0.2, 0.25) is 5.02 Å². The first-order valence-electron chi connectivity index (χ1n) is 7.75. The summed E-state index contributed by atoms with van der Waals surface area (Å²) in [4.78, 5) is 0. The molecule has 1 aromatic heterocycles. The van der Waals surface area contributed by atoms with E-state index in [0.717, 1.165) is 0 Å². The van der Waals surface area contributed by atoms with Gasteiger partial charge in [-0.15, -0.1) is 0 Å². The average molecular weight is 354 g/mol. The molecule has 0 radical (unpaired) electrons. The minimum Gasteiger partial charge on any atom is -0.389 e. The fourth-order valence-electron chi connectivity index (χ4n) is 3.28. The van der Waals surface area contributed by atoms with Gasteiger partial charge in [0.25, 0.3) is 0 Å². The summed E-state index contributed by atoms with van der Waals surface area (Å²) < 4.78 is 26.8. The van der Waals surface area contributed by atoms with Gasteiger partial charge < -0.3 is 19.9 Å². The maximum absolute atomic E-state index is 13.8. The Hall–Kier alpha value is -1.51. The van der Waals surface area contributed by atoms with Crippen molar-refractivity contribution in [3.05, 3.63) is 53.1 Å². The van der Waals surface area contributed by atoms with E-state index in [1.165, 1.54) is 12.3 Å². The second-order valence-electron chi connectivity index (χ2n) is 5.99. The zero-order valence-electron chi connectivity index (χ0n) is 12.7. The van der Waals surface area contributed by atoms with Crippen LogP contribution in [0, 0.1) is 5.82 Å². The molecule has 0 saturated carbocycles. The summed E-state index contributed by atoms with van der Waals surface area (Å²) >= 11 is 5.92. The lowest BCUT2D eigenvalue weighted by atomic mass is 9.96. The van der Waals surface area contributed by atoms with E-state index < -0.39 is 24.5 Å². The molecular weight excluding hydrogens is 337 g/mol. The van der Waals surface area contributed by atoms with Gasteiger partial charge in [0.2, 0.25) is 0 Å². The first kappa shape index (κ1) is 16.0. The monoisotopic (exact) mass is 353 g/mol. The number of halogens is 2. The number of benzene rings is 1. The quantitative estimate of drug-likeness (QED) is 0.871. The van der Waals surface area contributed by atoms with Gasteiger partial charge in [-0.3, -0.25) is 4.68 Å². The summed E-state index contributed by atoms with van der Waals surface area (Å²) in [6.45, 7) is 0.647. The van der Waals surface area contributed by atoms with Crippen molar-refractivity contribution in [3.8, 4) is 0 Å². The Morgan fingerprint density at radius 3 is 3.00 bits per heavy atom. The average Bonchev–Trinajstić information content (AvgIpc) is 3.17. The zero-order valence-corrected chi connectivity index (χ0v) is 13.4. The second kappa shape index (κ2) is 6.42. The number of nitrogens with zero attached hydrogens (tertiary/aromatic N) is 2. The molecule has 5 unspecified atom stereocenters. The predicted molar refractivity (Wildman–Crippen MR) is 83.9 cm³/mol. The topological polar surface area (TPSA) is 68.5 Å². The van der Waals surface area contributed by atoms with E-state index in [2.05, 4.69) is 10.4 Å². The highest BCUT2D eigenvalue weighted by Crippen LogP contribution is 2.35. The highest BCUT2D eigenvalue weighted by molar-refractivity contribution is 6.30. The van der Waals surface area contributed by atoms with Crippen molar-refractivity contribution in [1.82, 2.24) is 15.1 Å². The van der Waals surface area contributed by atoms with E-state index in [9.17, 15) is 9.50 Å². The lowest BCUT2D eigenvalue weighted by molar-refractivity contribution is -0.168. The van der Waals surface area contributed by atoms with E-state index in [-0.39, 0.29) is 18.5 Å². The molecule has 2 bridgehead atoms. The molecule has 2 saturated heterocycles. The van der Waals surface area contributed by atoms with E-state index in [1.54, 1.807) is 29.1 Å². The molecule has 1 aromatic carbocycles. The molecule has 0 amide bonds. The van der Waals surface area contributed by atoms with Gasteiger partial charge in [0.15, 0.2) is 6.29 Å². The second-order valence-corrected chi connectivity index (χ2v) is 6.43. The van der Waals surface area contributed by atoms with Crippen LogP contribution >= 0.6 is 11.6 Å². The van der Waals surface area contributed by atoms with Crippen molar-refractivity contribution in [2.75, 3.05) is 6.61 Å². The molecule has 24 heavy (non-hydrogen) atoms. The van der Waals surface area contributed by atoms with Crippen LogP contribution in [0.1, 0.15) is 11.6 Å². The van der Waals surface area contributed by atoms with Crippen molar-refractivity contribution in [1.29, 1.82) is 0 Å².